The summed E-state index contributed by atoms with van der Waals surface area (Å²) in [5, 5.41) is 3.31. The van der Waals surface area contributed by atoms with Gasteiger partial charge in [-0.05, 0) is 37.6 Å². The first-order chi connectivity index (χ1) is 14.9. The molecule has 0 spiro atoms. The minimum absolute atomic E-state index is 0.00249. The summed E-state index contributed by atoms with van der Waals surface area (Å²) < 4.78 is 19.9. The Morgan fingerprint density at radius 3 is 2.84 bits per heavy atom. The number of ether oxygens (including phenoxy) is 1. The van der Waals surface area contributed by atoms with E-state index in [4.69, 9.17) is 4.74 Å². The summed E-state index contributed by atoms with van der Waals surface area (Å²) in [4.78, 5) is 36.9. The molecular formula is C22H24FN5O3. The maximum Gasteiger partial charge on any atom is 0.269 e. The molecule has 1 aliphatic heterocycles. The van der Waals surface area contributed by atoms with Gasteiger partial charge in [-0.3, -0.25) is 19.5 Å². The summed E-state index contributed by atoms with van der Waals surface area (Å²) in [5.41, 5.74) is 2.27. The van der Waals surface area contributed by atoms with Crippen LogP contribution in [0.3, 0.4) is 0 Å². The highest BCUT2D eigenvalue weighted by Crippen LogP contribution is 2.28. The Balaban J connectivity index is 1.41. The summed E-state index contributed by atoms with van der Waals surface area (Å²) in [6.45, 7) is 5.18. The first-order valence-corrected chi connectivity index (χ1v) is 10.2. The molecule has 1 saturated heterocycles. The number of nitrogens with zero attached hydrogens (tertiary/aromatic N) is 3. The van der Waals surface area contributed by atoms with Gasteiger partial charge in [-0.15, -0.1) is 0 Å². The Bertz CT molecular complexity index is 1190. The molecule has 0 unspecified atom stereocenters. The number of nitrogens with one attached hydrogen (secondary N) is 2. The van der Waals surface area contributed by atoms with Crippen molar-refractivity contribution in [3.05, 3.63) is 63.7 Å². The summed E-state index contributed by atoms with van der Waals surface area (Å²) in [7, 11) is 1.46. The third-order valence-electron chi connectivity index (χ3n) is 5.63. The molecule has 1 aliphatic rings. The maximum atomic E-state index is 14.2. The lowest BCUT2D eigenvalue weighted by molar-refractivity contribution is -0.00846. The number of carbonyl (C=O) groups is 1. The number of halogens is 1. The van der Waals surface area contributed by atoms with Gasteiger partial charge in [0.05, 0.1) is 11.2 Å². The average molecular weight is 425 g/mol. The van der Waals surface area contributed by atoms with Crippen LogP contribution in [0.25, 0.3) is 10.9 Å². The van der Waals surface area contributed by atoms with Gasteiger partial charge in [-0.25, -0.2) is 4.98 Å². The van der Waals surface area contributed by atoms with Gasteiger partial charge < -0.3 is 15.0 Å². The van der Waals surface area contributed by atoms with E-state index in [1.807, 2.05) is 26.0 Å². The molecule has 3 aromatic heterocycles. The van der Waals surface area contributed by atoms with Crippen LogP contribution in [-0.2, 0) is 6.42 Å². The van der Waals surface area contributed by atoms with Crippen molar-refractivity contribution >= 4 is 16.8 Å². The van der Waals surface area contributed by atoms with Crippen LogP contribution in [-0.4, -0.2) is 52.0 Å². The van der Waals surface area contributed by atoms with Crippen molar-refractivity contribution in [2.75, 3.05) is 20.1 Å². The fourth-order valence-corrected chi connectivity index (χ4v) is 3.64. The Hall–Kier alpha value is -3.33. The van der Waals surface area contributed by atoms with Gasteiger partial charge >= 0.3 is 0 Å². The number of fused-ring (bicyclic) bond motifs is 1. The van der Waals surface area contributed by atoms with E-state index in [1.54, 1.807) is 6.20 Å². The predicted octanol–water partition coefficient (Wildman–Crippen LogP) is 2.20. The number of amides is 1. The zero-order valence-corrected chi connectivity index (χ0v) is 17.6. The van der Waals surface area contributed by atoms with Gasteiger partial charge in [0.25, 0.3) is 17.4 Å². The molecule has 9 heteroatoms. The number of likely N-dealkylation sites (tertiary alicyclic amines) is 1. The van der Waals surface area contributed by atoms with Crippen molar-refractivity contribution in [3.63, 3.8) is 0 Å². The lowest BCUT2D eigenvalue weighted by Crippen LogP contribution is -2.54. The van der Waals surface area contributed by atoms with Crippen LogP contribution >= 0.6 is 0 Å². The third kappa shape index (κ3) is 4.13. The minimum Gasteiger partial charge on any atom is -0.483 e. The van der Waals surface area contributed by atoms with Gasteiger partial charge in [-0.2, -0.15) is 4.39 Å². The van der Waals surface area contributed by atoms with Crippen LogP contribution in [0.5, 0.6) is 5.75 Å². The van der Waals surface area contributed by atoms with Crippen molar-refractivity contribution < 1.29 is 13.9 Å². The predicted molar refractivity (Wildman–Crippen MR) is 114 cm³/mol. The number of H-pyrrole nitrogens is 1. The number of aryl methyl sites for hydroxylation is 1. The molecule has 2 N–H and O–H groups in total. The van der Waals surface area contributed by atoms with E-state index >= 15 is 0 Å². The van der Waals surface area contributed by atoms with Gasteiger partial charge in [0, 0.05) is 43.3 Å². The average Bonchev–Trinajstić information content (AvgIpc) is 2.74. The molecule has 0 bridgehead atoms. The van der Waals surface area contributed by atoms with Crippen LogP contribution in [0, 0.1) is 5.95 Å². The van der Waals surface area contributed by atoms with E-state index in [9.17, 15) is 14.0 Å². The Morgan fingerprint density at radius 2 is 2.16 bits per heavy atom. The highest BCUT2D eigenvalue weighted by Gasteiger charge is 2.34. The van der Waals surface area contributed by atoms with Crippen molar-refractivity contribution in [1.29, 1.82) is 0 Å². The molecule has 162 valence electrons. The monoisotopic (exact) mass is 425 g/mol. The van der Waals surface area contributed by atoms with E-state index in [0.717, 1.165) is 22.2 Å². The number of hydrogen-bond acceptors (Lipinski definition) is 6. The second-order valence-corrected chi connectivity index (χ2v) is 7.61. The SMILES string of the molecule is CCc1cc2cnc([C@@H](C)N3CC(Oc4ccc(C(=O)NC)nc4F)C3)cc2[nH]c1=O. The van der Waals surface area contributed by atoms with E-state index < -0.39 is 11.9 Å². The van der Waals surface area contributed by atoms with Crippen LogP contribution in [0.4, 0.5) is 4.39 Å². The van der Waals surface area contributed by atoms with Crippen LogP contribution < -0.4 is 15.6 Å². The Labute approximate surface area is 178 Å². The zero-order valence-electron chi connectivity index (χ0n) is 17.6. The molecule has 4 rings (SSSR count). The number of carbonyl (C=O) groups excluding carboxylic acids is 1. The van der Waals surface area contributed by atoms with Crippen LogP contribution in [0.15, 0.2) is 35.3 Å². The van der Waals surface area contributed by atoms with Crippen LogP contribution in [0.2, 0.25) is 0 Å². The van der Waals surface area contributed by atoms with E-state index in [2.05, 4.69) is 25.2 Å². The molecule has 1 fully saturated rings. The smallest absolute Gasteiger partial charge is 0.269 e. The molecular weight excluding hydrogens is 401 g/mol. The number of aromatic amines is 1. The normalized spacial score (nSPS) is 15.5. The lowest BCUT2D eigenvalue weighted by Gasteiger charge is -2.42. The zero-order chi connectivity index (χ0) is 22.1. The Morgan fingerprint density at radius 1 is 1.39 bits per heavy atom. The minimum atomic E-state index is -0.806. The molecule has 0 saturated carbocycles. The number of pyridine rings is 3. The second-order valence-electron chi connectivity index (χ2n) is 7.61. The highest BCUT2D eigenvalue weighted by atomic mass is 19.1. The number of rotatable bonds is 6. The fourth-order valence-electron chi connectivity index (χ4n) is 3.64. The molecule has 0 aliphatic carbocycles. The first-order valence-electron chi connectivity index (χ1n) is 10.2. The van der Waals surface area contributed by atoms with E-state index in [1.165, 1.54) is 19.2 Å². The molecule has 3 aromatic rings. The quantitative estimate of drug-likeness (QED) is 0.588. The number of hydrogen-bond donors (Lipinski definition) is 2. The molecule has 4 heterocycles. The molecule has 1 atom stereocenters. The standard InChI is InChI=1S/C22H24FN5O3/c1-4-13-7-14-9-25-17(8-18(14)27-21(13)29)12(2)28-10-15(11-28)31-19-6-5-16(22(30)24-3)26-20(19)23/h5-9,12,15H,4,10-11H2,1-3H3,(H,24,30)(H,27,29)/t12-/m1/s1. The van der Waals surface area contributed by atoms with E-state index in [-0.39, 0.29) is 29.1 Å². The summed E-state index contributed by atoms with van der Waals surface area (Å²) in [6, 6.07) is 6.64. The molecule has 0 radical (unpaired) electrons. The number of aromatic nitrogens is 3. The second kappa shape index (κ2) is 8.43. The molecule has 0 aromatic carbocycles. The first kappa shape index (κ1) is 20.9. The summed E-state index contributed by atoms with van der Waals surface area (Å²) >= 11 is 0. The van der Waals surface area contributed by atoms with Gasteiger partial charge in [0.2, 0.25) is 0 Å². The van der Waals surface area contributed by atoms with E-state index in [0.29, 0.717) is 19.5 Å². The van der Waals surface area contributed by atoms with Crippen molar-refractivity contribution in [3.8, 4) is 5.75 Å². The van der Waals surface area contributed by atoms with Crippen molar-refractivity contribution in [2.24, 2.45) is 0 Å². The molecule has 1 amide bonds. The van der Waals surface area contributed by atoms with Gasteiger partial charge in [0.1, 0.15) is 11.8 Å². The molecule has 8 nitrogen and oxygen atoms in total. The summed E-state index contributed by atoms with van der Waals surface area (Å²) in [5.74, 6) is -1.23. The topological polar surface area (TPSA) is 100 Å². The summed E-state index contributed by atoms with van der Waals surface area (Å²) in [6.07, 6.45) is 2.26. The van der Waals surface area contributed by atoms with Crippen molar-refractivity contribution in [1.82, 2.24) is 25.2 Å². The lowest BCUT2D eigenvalue weighted by atomic mass is 10.0. The Kier molecular flexibility index (Phi) is 5.69. The largest absolute Gasteiger partial charge is 0.483 e. The van der Waals surface area contributed by atoms with Gasteiger partial charge in [0.15, 0.2) is 5.75 Å². The highest BCUT2D eigenvalue weighted by molar-refractivity contribution is 5.92. The van der Waals surface area contributed by atoms with Crippen molar-refractivity contribution in [2.45, 2.75) is 32.4 Å². The maximum absolute atomic E-state index is 14.2. The van der Waals surface area contributed by atoms with Gasteiger partial charge in [-0.1, -0.05) is 6.92 Å². The fraction of sp³-hybridized carbons (Fsp3) is 0.364. The third-order valence-corrected chi connectivity index (χ3v) is 5.63. The molecule has 31 heavy (non-hydrogen) atoms. The van der Waals surface area contributed by atoms with Crippen LogP contribution in [0.1, 0.15) is 41.6 Å².